The topological polar surface area (TPSA) is 96.2 Å². The monoisotopic (exact) mass is 574 g/mol. The summed E-state index contributed by atoms with van der Waals surface area (Å²) in [5.41, 5.74) is 5.14. The van der Waals surface area contributed by atoms with Gasteiger partial charge in [-0.1, -0.05) is 54.1 Å². The van der Waals surface area contributed by atoms with Crippen LogP contribution >= 0.6 is 0 Å². The first-order chi connectivity index (χ1) is 20.9. The fourth-order valence-corrected chi connectivity index (χ4v) is 5.42. The first kappa shape index (κ1) is 27.7. The number of rotatable bonds is 6. The number of nitro benzene ring substituents is 1. The van der Waals surface area contributed by atoms with Crippen LogP contribution in [0, 0.1) is 17.0 Å². The molecule has 2 aliphatic heterocycles. The lowest BCUT2D eigenvalue weighted by atomic mass is 10.1. The summed E-state index contributed by atoms with van der Waals surface area (Å²) in [5, 5.41) is 10.9. The zero-order chi connectivity index (χ0) is 29.9. The highest BCUT2D eigenvalue weighted by Gasteiger charge is 2.30. The molecule has 0 spiro atoms. The van der Waals surface area contributed by atoms with Crippen LogP contribution in [0.4, 0.5) is 17.1 Å². The fourth-order valence-electron chi connectivity index (χ4n) is 5.42. The van der Waals surface area contributed by atoms with Crippen molar-refractivity contribution in [1.82, 2.24) is 4.90 Å². The first-order valence-corrected chi connectivity index (χ1v) is 14.1. The molecule has 2 amide bonds. The minimum absolute atomic E-state index is 0.0560. The van der Waals surface area contributed by atoms with E-state index in [9.17, 15) is 19.7 Å². The summed E-state index contributed by atoms with van der Waals surface area (Å²) in [6, 6.07) is 29.2. The van der Waals surface area contributed by atoms with Crippen LogP contribution in [-0.4, -0.2) is 47.8 Å². The van der Waals surface area contributed by atoms with Crippen LogP contribution in [0.3, 0.4) is 0 Å². The van der Waals surface area contributed by atoms with E-state index in [1.165, 1.54) is 12.1 Å². The van der Waals surface area contributed by atoms with Crippen molar-refractivity contribution in [2.45, 2.75) is 13.5 Å². The van der Waals surface area contributed by atoms with E-state index in [-0.39, 0.29) is 23.3 Å². The number of amides is 2. The van der Waals surface area contributed by atoms with Gasteiger partial charge in [-0.15, -0.1) is 0 Å². The van der Waals surface area contributed by atoms with E-state index in [4.69, 9.17) is 4.74 Å². The lowest BCUT2D eigenvalue weighted by molar-refractivity contribution is -0.384. The molecule has 0 bridgehead atoms. The van der Waals surface area contributed by atoms with E-state index in [1.54, 1.807) is 35.2 Å². The third-order valence-electron chi connectivity index (χ3n) is 7.70. The smallest absolute Gasteiger partial charge is 0.294 e. The van der Waals surface area contributed by atoms with E-state index < -0.39 is 4.92 Å². The molecule has 4 aromatic rings. The number of aryl methyl sites for hydroxylation is 1. The highest BCUT2D eigenvalue weighted by molar-refractivity contribution is 6.09. The molecule has 1 fully saturated rings. The second-order valence-electron chi connectivity index (χ2n) is 10.6. The van der Waals surface area contributed by atoms with E-state index in [0.717, 1.165) is 28.1 Å². The van der Waals surface area contributed by atoms with Crippen LogP contribution in [0.5, 0.6) is 5.75 Å². The third kappa shape index (κ3) is 5.97. The average Bonchev–Trinajstić information content (AvgIpc) is 3.03. The fraction of sp³-hybridized carbons (Fsp3) is 0.176. The van der Waals surface area contributed by atoms with Crippen molar-refractivity contribution < 1.29 is 19.2 Å². The molecule has 0 radical (unpaired) electrons. The number of nitro groups is 1. The lowest BCUT2D eigenvalue weighted by Crippen LogP contribution is -2.48. The molecule has 0 saturated carbocycles. The summed E-state index contributed by atoms with van der Waals surface area (Å²) in [5.74, 6) is 0.533. The summed E-state index contributed by atoms with van der Waals surface area (Å²) in [6.07, 6.45) is 1.71. The highest BCUT2D eigenvalue weighted by Crippen LogP contribution is 2.36. The molecular weight excluding hydrogens is 544 g/mol. The molecule has 0 unspecified atom stereocenters. The second-order valence-corrected chi connectivity index (χ2v) is 10.6. The summed E-state index contributed by atoms with van der Waals surface area (Å²) in [4.78, 5) is 43.0. The number of benzene rings is 4. The van der Waals surface area contributed by atoms with Gasteiger partial charge in [0.2, 0.25) is 0 Å². The minimum atomic E-state index is -0.414. The Bertz CT molecular complexity index is 1710. The lowest BCUT2D eigenvalue weighted by Gasteiger charge is -2.36. The number of hydrogen-bond acceptors (Lipinski definition) is 6. The zero-order valence-electron chi connectivity index (χ0n) is 23.7. The van der Waals surface area contributed by atoms with Gasteiger partial charge in [0, 0.05) is 49.6 Å². The molecule has 0 aliphatic carbocycles. The SMILES string of the molecule is Cc1cccc(CN2C(=O)C(=Cc3ccc(C(=O)N4CCN(c5ccc([N+](=O)[O-])cc5)CC4)cc3)Oc3ccccc32)c1. The molecular formula is C34H30N4O5. The number of para-hydroxylation sites is 2. The predicted molar refractivity (Wildman–Crippen MR) is 165 cm³/mol. The van der Waals surface area contributed by atoms with Gasteiger partial charge in [-0.25, -0.2) is 0 Å². The summed E-state index contributed by atoms with van der Waals surface area (Å²) >= 11 is 0. The summed E-state index contributed by atoms with van der Waals surface area (Å²) in [7, 11) is 0. The van der Waals surface area contributed by atoms with Crippen LogP contribution < -0.4 is 14.5 Å². The van der Waals surface area contributed by atoms with Crippen LogP contribution in [0.1, 0.15) is 27.0 Å². The molecule has 2 heterocycles. The van der Waals surface area contributed by atoms with Gasteiger partial charge in [0.1, 0.15) is 0 Å². The number of anilines is 2. The molecule has 1 saturated heterocycles. The van der Waals surface area contributed by atoms with E-state index in [0.29, 0.717) is 44.0 Å². The molecule has 9 heteroatoms. The van der Waals surface area contributed by atoms with Crippen LogP contribution in [-0.2, 0) is 11.3 Å². The standard InChI is InChI=1S/C34H30N4O5/c1-24-5-4-6-26(21-24)23-37-30-7-2-3-8-31(30)43-32(34(37)40)22-25-9-11-27(12-10-25)33(39)36-19-17-35(18-20-36)28-13-15-29(16-14-28)38(41)42/h2-16,21-22H,17-20,23H2,1H3. The quantitative estimate of drug-likeness (QED) is 0.163. The second kappa shape index (κ2) is 11.8. The van der Waals surface area contributed by atoms with Gasteiger partial charge in [0.05, 0.1) is 17.2 Å². The van der Waals surface area contributed by atoms with Crippen LogP contribution in [0.2, 0.25) is 0 Å². The zero-order valence-corrected chi connectivity index (χ0v) is 23.7. The van der Waals surface area contributed by atoms with Crippen LogP contribution in [0.25, 0.3) is 6.08 Å². The summed E-state index contributed by atoms with van der Waals surface area (Å²) < 4.78 is 6.03. The average molecular weight is 575 g/mol. The molecule has 0 N–H and O–H groups in total. The van der Waals surface area contributed by atoms with Gasteiger partial charge in [-0.05, 0) is 60.5 Å². The first-order valence-electron chi connectivity index (χ1n) is 14.1. The Morgan fingerprint density at radius 2 is 1.63 bits per heavy atom. The maximum Gasteiger partial charge on any atom is 0.294 e. The number of nitrogens with zero attached hydrogens (tertiary/aromatic N) is 4. The Balaban J connectivity index is 1.13. The third-order valence-corrected chi connectivity index (χ3v) is 7.70. The van der Waals surface area contributed by atoms with Gasteiger partial charge in [-0.2, -0.15) is 0 Å². The molecule has 4 aromatic carbocycles. The molecule has 216 valence electrons. The van der Waals surface area contributed by atoms with Crippen molar-refractivity contribution in [2.75, 3.05) is 36.0 Å². The highest BCUT2D eigenvalue weighted by atomic mass is 16.6. The number of hydrogen-bond donors (Lipinski definition) is 0. The van der Waals surface area contributed by atoms with E-state index in [2.05, 4.69) is 11.0 Å². The Kier molecular flexibility index (Phi) is 7.61. The number of piperazine rings is 1. The van der Waals surface area contributed by atoms with Crippen molar-refractivity contribution in [3.05, 3.63) is 135 Å². The molecule has 6 rings (SSSR count). The predicted octanol–water partition coefficient (Wildman–Crippen LogP) is 5.83. The number of fused-ring (bicyclic) bond motifs is 1. The molecule has 9 nitrogen and oxygen atoms in total. The van der Waals surface area contributed by atoms with Gasteiger partial charge < -0.3 is 14.5 Å². The van der Waals surface area contributed by atoms with Crippen LogP contribution in [0.15, 0.2) is 103 Å². The molecule has 2 aliphatic rings. The van der Waals surface area contributed by atoms with E-state index in [1.807, 2.05) is 66.4 Å². The molecule has 0 atom stereocenters. The number of non-ortho nitro benzene ring substituents is 1. The Morgan fingerprint density at radius 1 is 0.907 bits per heavy atom. The minimum Gasteiger partial charge on any atom is -0.449 e. The van der Waals surface area contributed by atoms with Gasteiger partial charge in [0.15, 0.2) is 11.5 Å². The van der Waals surface area contributed by atoms with Crippen molar-refractivity contribution >= 4 is 35.0 Å². The summed E-state index contributed by atoms with van der Waals surface area (Å²) in [6.45, 7) is 4.80. The van der Waals surface area contributed by atoms with Gasteiger partial charge >= 0.3 is 0 Å². The van der Waals surface area contributed by atoms with Crippen molar-refractivity contribution in [1.29, 1.82) is 0 Å². The molecule has 0 aromatic heterocycles. The normalized spacial score (nSPS) is 15.7. The van der Waals surface area contributed by atoms with E-state index >= 15 is 0 Å². The number of ether oxygens (including phenoxy) is 1. The Morgan fingerprint density at radius 3 is 2.33 bits per heavy atom. The number of carbonyl (C=O) groups is 2. The Labute approximate surface area is 249 Å². The van der Waals surface area contributed by atoms with Crippen molar-refractivity contribution in [3.8, 4) is 5.75 Å². The van der Waals surface area contributed by atoms with Gasteiger partial charge in [0.25, 0.3) is 17.5 Å². The van der Waals surface area contributed by atoms with Crippen molar-refractivity contribution in [3.63, 3.8) is 0 Å². The number of carbonyl (C=O) groups excluding carboxylic acids is 2. The van der Waals surface area contributed by atoms with Crippen molar-refractivity contribution in [2.24, 2.45) is 0 Å². The van der Waals surface area contributed by atoms with Gasteiger partial charge in [-0.3, -0.25) is 24.6 Å². The molecule has 43 heavy (non-hydrogen) atoms. The Hall–Kier alpha value is -5.44. The largest absolute Gasteiger partial charge is 0.449 e. The maximum absolute atomic E-state index is 13.6. The maximum atomic E-state index is 13.6.